The van der Waals surface area contributed by atoms with Gasteiger partial charge in [-0.05, 0) is 25.5 Å². The highest BCUT2D eigenvalue weighted by Crippen LogP contribution is 2.17. The van der Waals surface area contributed by atoms with E-state index in [1.807, 2.05) is 25.3 Å². The summed E-state index contributed by atoms with van der Waals surface area (Å²) in [5.74, 6) is 0. The van der Waals surface area contributed by atoms with Gasteiger partial charge < -0.3 is 10.1 Å². The minimum Gasteiger partial charge on any atom is -0.379 e. The fourth-order valence-corrected chi connectivity index (χ4v) is 2.14. The van der Waals surface area contributed by atoms with Gasteiger partial charge in [0.05, 0.1) is 18.8 Å². The SMILES string of the molecule is CCCn1nccc1CNc1ccccc1COCC. The van der Waals surface area contributed by atoms with Crippen LogP contribution in [-0.2, 0) is 24.4 Å². The Morgan fingerprint density at radius 2 is 2.05 bits per heavy atom. The zero-order chi connectivity index (χ0) is 14.2. The summed E-state index contributed by atoms with van der Waals surface area (Å²) in [5.41, 5.74) is 3.53. The number of hydrogen-bond acceptors (Lipinski definition) is 3. The van der Waals surface area contributed by atoms with Crippen molar-refractivity contribution in [1.29, 1.82) is 0 Å². The Bertz CT molecular complexity index is 522. The van der Waals surface area contributed by atoms with E-state index >= 15 is 0 Å². The summed E-state index contributed by atoms with van der Waals surface area (Å²) >= 11 is 0. The van der Waals surface area contributed by atoms with E-state index in [-0.39, 0.29) is 0 Å². The second kappa shape index (κ2) is 7.70. The van der Waals surface area contributed by atoms with Crippen molar-refractivity contribution >= 4 is 5.69 Å². The molecule has 1 aromatic heterocycles. The third-order valence-electron chi connectivity index (χ3n) is 3.18. The molecule has 0 aliphatic heterocycles. The van der Waals surface area contributed by atoms with E-state index in [4.69, 9.17) is 4.74 Å². The maximum Gasteiger partial charge on any atom is 0.0736 e. The molecule has 2 rings (SSSR count). The topological polar surface area (TPSA) is 39.1 Å². The molecule has 4 heteroatoms. The zero-order valence-corrected chi connectivity index (χ0v) is 12.3. The second-order valence-electron chi connectivity index (χ2n) is 4.69. The lowest BCUT2D eigenvalue weighted by atomic mass is 10.2. The quantitative estimate of drug-likeness (QED) is 0.800. The molecule has 0 saturated heterocycles. The first-order chi connectivity index (χ1) is 9.85. The van der Waals surface area contributed by atoms with Crippen molar-refractivity contribution in [2.75, 3.05) is 11.9 Å². The Balaban J connectivity index is 2.01. The number of aromatic nitrogens is 2. The molecule has 1 aromatic carbocycles. The molecule has 4 nitrogen and oxygen atoms in total. The summed E-state index contributed by atoms with van der Waals surface area (Å²) in [6.07, 6.45) is 2.95. The second-order valence-corrected chi connectivity index (χ2v) is 4.69. The molecule has 0 amide bonds. The normalized spacial score (nSPS) is 10.7. The maximum absolute atomic E-state index is 5.50. The minimum absolute atomic E-state index is 0.647. The van der Waals surface area contributed by atoms with Crippen LogP contribution >= 0.6 is 0 Å². The molecule has 0 spiro atoms. The molecule has 0 fully saturated rings. The van der Waals surface area contributed by atoms with Crippen LogP contribution in [-0.4, -0.2) is 16.4 Å². The van der Waals surface area contributed by atoms with E-state index < -0.39 is 0 Å². The average Bonchev–Trinajstić information content (AvgIpc) is 2.91. The van der Waals surface area contributed by atoms with Crippen LogP contribution in [0.15, 0.2) is 36.5 Å². The summed E-state index contributed by atoms with van der Waals surface area (Å²) in [7, 11) is 0. The molecule has 0 bridgehead atoms. The van der Waals surface area contributed by atoms with Crippen LogP contribution in [0.4, 0.5) is 5.69 Å². The van der Waals surface area contributed by atoms with Crippen LogP contribution < -0.4 is 5.32 Å². The zero-order valence-electron chi connectivity index (χ0n) is 12.3. The monoisotopic (exact) mass is 273 g/mol. The molecule has 0 aliphatic carbocycles. The van der Waals surface area contributed by atoms with Crippen molar-refractivity contribution in [2.24, 2.45) is 0 Å². The van der Waals surface area contributed by atoms with Crippen molar-refractivity contribution in [3.8, 4) is 0 Å². The van der Waals surface area contributed by atoms with Crippen LogP contribution in [0.25, 0.3) is 0 Å². The van der Waals surface area contributed by atoms with Gasteiger partial charge in [-0.1, -0.05) is 25.1 Å². The number of hydrogen-bond donors (Lipinski definition) is 1. The number of aryl methyl sites for hydroxylation is 1. The largest absolute Gasteiger partial charge is 0.379 e. The van der Waals surface area contributed by atoms with Gasteiger partial charge in [-0.15, -0.1) is 0 Å². The van der Waals surface area contributed by atoms with Crippen molar-refractivity contribution in [2.45, 2.75) is 40.0 Å². The highest BCUT2D eigenvalue weighted by Gasteiger charge is 2.04. The molecular weight excluding hydrogens is 250 g/mol. The number of nitrogens with zero attached hydrogens (tertiary/aromatic N) is 2. The maximum atomic E-state index is 5.50. The first kappa shape index (κ1) is 14.6. The molecule has 0 atom stereocenters. The first-order valence-electron chi connectivity index (χ1n) is 7.25. The fraction of sp³-hybridized carbons (Fsp3) is 0.438. The van der Waals surface area contributed by atoms with Crippen LogP contribution in [0, 0.1) is 0 Å². The lowest BCUT2D eigenvalue weighted by Crippen LogP contribution is -2.10. The molecule has 2 aromatic rings. The number of para-hydroxylation sites is 1. The Morgan fingerprint density at radius 1 is 1.20 bits per heavy atom. The van der Waals surface area contributed by atoms with Gasteiger partial charge >= 0.3 is 0 Å². The third kappa shape index (κ3) is 3.84. The van der Waals surface area contributed by atoms with Gasteiger partial charge in [0.25, 0.3) is 0 Å². The van der Waals surface area contributed by atoms with E-state index in [1.54, 1.807) is 0 Å². The first-order valence-corrected chi connectivity index (χ1v) is 7.25. The average molecular weight is 273 g/mol. The van der Waals surface area contributed by atoms with Gasteiger partial charge in [-0.3, -0.25) is 4.68 Å². The molecule has 0 radical (unpaired) electrons. The molecule has 0 unspecified atom stereocenters. The van der Waals surface area contributed by atoms with E-state index in [2.05, 4.69) is 40.2 Å². The Kier molecular flexibility index (Phi) is 5.62. The predicted molar refractivity (Wildman–Crippen MR) is 81.6 cm³/mol. The summed E-state index contributed by atoms with van der Waals surface area (Å²) in [6, 6.07) is 10.3. The van der Waals surface area contributed by atoms with Gasteiger partial charge in [0.15, 0.2) is 0 Å². The molecule has 20 heavy (non-hydrogen) atoms. The molecule has 0 aliphatic rings. The van der Waals surface area contributed by atoms with E-state index in [0.29, 0.717) is 6.61 Å². The third-order valence-corrected chi connectivity index (χ3v) is 3.18. The van der Waals surface area contributed by atoms with Gasteiger partial charge in [0.1, 0.15) is 0 Å². The minimum atomic E-state index is 0.647. The van der Waals surface area contributed by atoms with Crippen LogP contribution in [0.5, 0.6) is 0 Å². The van der Waals surface area contributed by atoms with Gasteiger partial charge in [0, 0.05) is 30.6 Å². The molecule has 0 saturated carbocycles. The van der Waals surface area contributed by atoms with Crippen LogP contribution in [0.2, 0.25) is 0 Å². The predicted octanol–water partition coefficient (Wildman–Crippen LogP) is 3.44. The number of benzene rings is 1. The van der Waals surface area contributed by atoms with Crippen LogP contribution in [0.1, 0.15) is 31.5 Å². The molecule has 1 heterocycles. The van der Waals surface area contributed by atoms with E-state index in [1.165, 1.54) is 11.3 Å². The number of nitrogens with one attached hydrogen (secondary N) is 1. The van der Waals surface area contributed by atoms with Gasteiger partial charge in [-0.25, -0.2) is 0 Å². The number of anilines is 1. The highest BCUT2D eigenvalue weighted by atomic mass is 16.5. The Morgan fingerprint density at radius 3 is 2.85 bits per heavy atom. The summed E-state index contributed by atoms with van der Waals surface area (Å²) in [6.45, 7) is 7.30. The number of ether oxygens (including phenoxy) is 1. The van der Waals surface area contributed by atoms with E-state index in [9.17, 15) is 0 Å². The van der Waals surface area contributed by atoms with Crippen molar-refractivity contribution in [1.82, 2.24) is 9.78 Å². The Labute approximate surface area is 120 Å². The standard InChI is InChI=1S/C16H23N3O/c1-3-11-19-15(9-10-18-19)12-17-16-8-6-5-7-14(16)13-20-4-2/h5-10,17H,3-4,11-13H2,1-2H3. The van der Waals surface area contributed by atoms with Gasteiger partial charge in [0.2, 0.25) is 0 Å². The lowest BCUT2D eigenvalue weighted by molar-refractivity contribution is 0.134. The van der Waals surface area contributed by atoms with Gasteiger partial charge in [-0.2, -0.15) is 5.10 Å². The summed E-state index contributed by atoms with van der Waals surface area (Å²) in [4.78, 5) is 0. The highest BCUT2D eigenvalue weighted by molar-refractivity contribution is 5.50. The number of rotatable bonds is 8. The fourth-order valence-electron chi connectivity index (χ4n) is 2.14. The molecule has 108 valence electrons. The summed E-state index contributed by atoms with van der Waals surface area (Å²) < 4.78 is 7.56. The van der Waals surface area contributed by atoms with Crippen molar-refractivity contribution in [3.05, 3.63) is 47.8 Å². The molecule has 1 N–H and O–H groups in total. The lowest BCUT2D eigenvalue weighted by Gasteiger charge is -2.13. The van der Waals surface area contributed by atoms with Crippen LogP contribution in [0.3, 0.4) is 0 Å². The van der Waals surface area contributed by atoms with Crippen molar-refractivity contribution < 1.29 is 4.74 Å². The van der Waals surface area contributed by atoms with E-state index in [0.717, 1.165) is 31.8 Å². The van der Waals surface area contributed by atoms with Crippen molar-refractivity contribution in [3.63, 3.8) is 0 Å². The summed E-state index contributed by atoms with van der Waals surface area (Å²) in [5, 5.41) is 7.82. The molecular formula is C16H23N3O. The Hall–Kier alpha value is -1.81. The smallest absolute Gasteiger partial charge is 0.0736 e.